The van der Waals surface area contributed by atoms with E-state index in [2.05, 4.69) is 108 Å². The van der Waals surface area contributed by atoms with Gasteiger partial charge in [0.05, 0.1) is 17.3 Å². The van der Waals surface area contributed by atoms with Crippen LogP contribution in [0, 0.1) is 0 Å². The topological polar surface area (TPSA) is 46.3 Å². The number of rotatable bonds is 6. The molecule has 0 bridgehead atoms. The minimum atomic E-state index is 0.0915. The van der Waals surface area contributed by atoms with E-state index >= 15 is 0 Å². The van der Waals surface area contributed by atoms with Gasteiger partial charge < -0.3 is 4.90 Å². The van der Waals surface area contributed by atoms with Crippen molar-refractivity contribution in [2.24, 2.45) is 4.99 Å². The van der Waals surface area contributed by atoms with Gasteiger partial charge in [0.1, 0.15) is 12.4 Å². The van der Waals surface area contributed by atoms with Crippen LogP contribution in [-0.2, 0) is 6.54 Å². The number of likely N-dealkylation sites (N-methyl/N-ethyl adjacent to an activating group) is 1. The van der Waals surface area contributed by atoms with Crippen LogP contribution < -0.4 is 0 Å². The number of nitrogens with zero attached hydrogens (tertiary/aromatic N) is 5. The van der Waals surface area contributed by atoms with Gasteiger partial charge in [0.2, 0.25) is 0 Å². The summed E-state index contributed by atoms with van der Waals surface area (Å²) in [4.78, 5) is 8.45. The van der Waals surface area contributed by atoms with Crippen LogP contribution in [0.25, 0.3) is 5.69 Å². The smallest absolute Gasteiger partial charge is 0.159 e. The number of benzene rings is 3. The molecule has 0 amide bonds. The fourth-order valence-corrected chi connectivity index (χ4v) is 4.85. The highest BCUT2D eigenvalue weighted by Crippen LogP contribution is 2.33. The Hall–Kier alpha value is -3.22. The lowest BCUT2D eigenvalue weighted by atomic mass is 9.96. The highest BCUT2D eigenvalue weighted by Gasteiger charge is 2.28. The number of thioether (sulfide) groups is 1. The van der Waals surface area contributed by atoms with Crippen LogP contribution in [0.15, 0.2) is 88.8 Å². The minimum Gasteiger partial charge on any atom is -0.308 e. The maximum atomic E-state index is 5.03. The SMILES string of the molecule is CSc1ccc2c(c1)C(c1ccccc1)=NCc1nnc(C(CN(C)C)c3ccccc3)n1-2. The second kappa shape index (κ2) is 9.33. The lowest BCUT2D eigenvalue weighted by molar-refractivity contribution is 0.384. The summed E-state index contributed by atoms with van der Waals surface area (Å²) in [7, 11) is 4.20. The third-order valence-electron chi connectivity index (χ3n) is 5.94. The van der Waals surface area contributed by atoms with Crippen LogP contribution in [-0.4, -0.2) is 52.3 Å². The van der Waals surface area contributed by atoms with Gasteiger partial charge in [-0.2, -0.15) is 0 Å². The summed E-state index contributed by atoms with van der Waals surface area (Å²) >= 11 is 1.74. The number of fused-ring (bicyclic) bond motifs is 3. The molecule has 4 aromatic rings. The molecule has 1 atom stereocenters. The van der Waals surface area contributed by atoms with Gasteiger partial charge in [-0.1, -0.05) is 60.7 Å². The van der Waals surface area contributed by atoms with Gasteiger partial charge in [-0.05, 0) is 44.1 Å². The second-order valence-corrected chi connectivity index (χ2v) is 9.33. The highest BCUT2D eigenvalue weighted by atomic mass is 32.2. The summed E-state index contributed by atoms with van der Waals surface area (Å²) in [6, 6.07) is 27.6. The molecule has 2 heterocycles. The predicted molar refractivity (Wildman–Crippen MR) is 136 cm³/mol. The average molecular weight is 454 g/mol. The molecule has 1 aliphatic heterocycles. The lowest BCUT2D eigenvalue weighted by Gasteiger charge is -2.23. The van der Waals surface area contributed by atoms with Gasteiger partial charge in [-0.15, -0.1) is 22.0 Å². The molecule has 0 saturated carbocycles. The van der Waals surface area contributed by atoms with E-state index in [4.69, 9.17) is 10.1 Å². The van der Waals surface area contributed by atoms with E-state index in [1.807, 2.05) is 6.07 Å². The van der Waals surface area contributed by atoms with E-state index in [-0.39, 0.29) is 5.92 Å². The van der Waals surface area contributed by atoms with E-state index in [0.29, 0.717) is 6.54 Å². The molecule has 1 aromatic heterocycles. The van der Waals surface area contributed by atoms with Gasteiger partial charge >= 0.3 is 0 Å². The molecule has 0 spiro atoms. The Morgan fingerprint density at radius 2 is 1.67 bits per heavy atom. The number of hydrogen-bond acceptors (Lipinski definition) is 5. The number of aromatic nitrogens is 3. The molecule has 0 fully saturated rings. The van der Waals surface area contributed by atoms with Crippen molar-refractivity contribution in [1.82, 2.24) is 19.7 Å². The van der Waals surface area contributed by atoms with Crippen molar-refractivity contribution < 1.29 is 0 Å². The fourth-order valence-electron chi connectivity index (χ4n) is 4.41. The van der Waals surface area contributed by atoms with Crippen molar-refractivity contribution in [3.05, 3.63) is 107 Å². The third kappa shape index (κ3) is 4.24. The van der Waals surface area contributed by atoms with Crippen molar-refractivity contribution in [2.75, 3.05) is 26.9 Å². The van der Waals surface area contributed by atoms with Crippen LogP contribution in [0.1, 0.15) is 34.3 Å². The third-order valence-corrected chi connectivity index (χ3v) is 6.67. The molecule has 1 aliphatic rings. The van der Waals surface area contributed by atoms with E-state index in [1.165, 1.54) is 10.5 Å². The Kier molecular flexibility index (Phi) is 6.11. The van der Waals surface area contributed by atoms with Crippen molar-refractivity contribution in [1.29, 1.82) is 0 Å². The number of hydrogen-bond donors (Lipinski definition) is 0. The van der Waals surface area contributed by atoms with E-state index in [0.717, 1.165) is 40.7 Å². The summed E-state index contributed by atoms with van der Waals surface area (Å²) in [5.74, 6) is 1.91. The maximum Gasteiger partial charge on any atom is 0.159 e. The normalized spacial score (nSPS) is 13.8. The monoisotopic (exact) mass is 453 g/mol. The summed E-state index contributed by atoms with van der Waals surface area (Å²) in [6.07, 6.45) is 2.11. The zero-order valence-electron chi connectivity index (χ0n) is 19.1. The molecule has 166 valence electrons. The van der Waals surface area contributed by atoms with Gasteiger partial charge in [-0.25, -0.2) is 0 Å². The molecule has 0 N–H and O–H groups in total. The molecule has 6 heteroatoms. The Morgan fingerprint density at radius 1 is 0.939 bits per heavy atom. The Bertz CT molecular complexity index is 1280. The largest absolute Gasteiger partial charge is 0.308 e. The molecule has 3 aromatic carbocycles. The van der Waals surface area contributed by atoms with Crippen molar-refractivity contribution in [2.45, 2.75) is 17.4 Å². The average Bonchev–Trinajstić information content (AvgIpc) is 3.19. The Balaban J connectivity index is 1.71. The summed E-state index contributed by atoms with van der Waals surface area (Å²) in [6.45, 7) is 1.33. The first kappa shape index (κ1) is 21.6. The Labute approximate surface area is 199 Å². The quantitative estimate of drug-likeness (QED) is 0.384. The molecule has 0 saturated heterocycles. The molecule has 1 unspecified atom stereocenters. The molecule has 5 nitrogen and oxygen atoms in total. The van der Waals surface area contributed by atoms with Crippen molar-refractivity contribution >= 4 is 17.5 Å². The summed E-state index contributed by atoms with van der Waals surface area (Å²) in [5, 5.41) is 9.34. The molecular formula is C27H27N5S. The molecule has 5 rings (SSSR count). The van der Waals surface area contributed by atoms with E-state index < -0.39 is 0 Å². The van der Waals surface area contributed by atoms with Crippen LogP contribution in [0.5, 0.6) is 0 Å². The Morgan fingerprint density at radius 3 is 2.36 bits per heavy atom. The van der Waals surface area contributed by atoms with Gasteiger partial charge in [0, 0.05) is 22.6 Å². The van der Waals surface area contributed by atoms with E-state index in [9.17, 15) is 0 Å². The van der Waals surface area contributed by atoms with Crippen LogP contribution >= 0.6 is 11.8 Å². The van der Waals surface area contributed by atoms with Gasteiger partial charge in [0.25, 0.3) is 0 Å². The standard InChI is InChI=1S/C27H27N5S/c1-31(2)18-23(19-10-6-4-7-11-19)27-30-29-25-17-28-26(20-12-8-5-9-13-20)22-16-21(33-3)14-15-24(22)32(25)27/h4-16,23H,17-18H2,1-3H3. The molecule has 0 aliphatic carbocycles. The van der Waals surface area contributed by atoms with Crippen LogP contribution in [0.3, 0.4) is 0 Å². The minimum absolute atomic E-state index is 0.0915. The van der Waals surface area contributed by atoms with E-state index in [1.54, 1.807) is 11.8 Å². The van der Waals surface area contributed by atoms with Crippen molar-refractivity contribution in [3.63, 3.8) is 0 Å². The molecule has 0 radical (unpaired) electrons. The second-order valence-electron chi connectivity index (χ2n) is 8.45. The zero-order valence-corrected chi connectivity index (χ0v) is 20.0. The predicted octanol–water partition coefficient (Wildman–Crippen LogP) is 5.03. The zero-order chi connectivity index (χ0) is 22.8. The van der Waals surface area contributed by atoms with Crippen LogP contribution in [0.2, 0.25) is 0 Å². The fraction of sp³-hybridized carbons (Fsp3) is 0.222. The molecule has 33 heavy (non-hydrogen) atoms. The lowest BCUT2D eigenvalue weighted by Crippen LogP contribution is -2.24. The maximum absolute atomic E-state index is 5.03. The molecular weight excluding hydrogens is 426 g/mol. The van der Waals surface area contributed by atoms with Crippen molar-refractivity contribution in [3.8, 4) is 5.69 Å². The highest BCUT2D eigenvalue weighted by molar-refractivity contribution is 7.98. The van der Waals surface area contributed by atoms with Gasteiger partial charge in [0.15, 0.2) is 5.82 Å². The van der Waals surface area contributed by atoms with Crippen LogP contribution in [0.4, 0.5) is 0 Å². The summed E-state index contributed by atoms with van der Waals surface area (Å²) in [5.41, 5.74) is 5.55. The first-order chi connectivity index (χ1) is 16.2. The summed E-state index contributed by atoms with van der Waals surface area (Å²) < 4.78 is 2.24. The first-order valence-corrected chi connectivity index (χ1v) is 12.3. The first-order valence-electron chi connectivity index (χ1n) is 11.1. The number of aliphatic imine (C=N–C) groups is 1. The van der Waals surface area contributed by atoms with Gasteiger partial charge in [-0.3, -0.25) is 9.56 Å².